The molecular formula is C40H52N3O2+. The fourth-order valence-electron chi connectivity index (χ4n) is 9.13. The normalized spacial score (nSPS) is 35.7. The molecule has 8 unspecified atom stereocenters. The molecule has 2 heterocycles. The van der Waals surface area contributed by atoms with E-state index in [1.165, 1.54) is 66.8 Å². The lowest BCUT2D eigenvalue weighted by Crippen LogP contribution is -3.16. The highest BCUT2D eigenvalue weighted by Crippen LogP contribution is 2.43. The Hall–Kier alpha value is -3.23. The maximum atomic E-state index is 10.2. The molecule has 0 bridgehead atoms. The van der Waals surface area contributed by atoms with Crippen LogP contribution in [-0.4, -0.2) is 36.2 Å². The molecule has 0 saturated carbocycles. The number of nitrogens with zero attached hydrogens (tertiary/aromatic N) is 2. The maximum Gasteiger partial charge on any atom is 0.172 e. The van der Waals surface area contributed by atoms with Gasteiger partial charge in [0.05, 0.1) is 30.3 Å². The molecule has 238 valence electrons. The Kier molecular flexibility index (Phi) is 8.96. The topological polar surface area (TPSA) is 49.9 Å². The molecule has 2 saturated heterocycles. The fourth-order valence-corrected chi connectivity index (χ4v) is 9.13. The molecule has 0 amide bonds. The SMILES string of the molecule is CCN1C2=CCCC=C2OC2=CC(CCC3CC(C#N)C(C=CC4=CCC5C(=C4)OC4CCCC=C4[NH+]5CC)=CC3C)CCC21. The zero-order valence-corrected chi connectivity index (χ0v) is 27.6. The van der Waals surface area contributed by atoms with Crippen molar-refractivity contribution in [1.29, 1.82) is 5.26 Å². The molecule has 5 heteroatoms. The van der Waals surface area contributed by atoms with Crippen molar-refractivity contribution < 1.29 is 14.4 Å². The van der Waals surface area contributed by atoms with Crippen molar-refractivity contribution in [3.05, 3.63) is 94.5 Å². The van der Waals surface area contributed by atoms with Gasteiger partial charge < -0.3 is 14.4 Å². The van der Waals surface area contributed by atoms with E-state index in [2.05, 4.69) is 86.4 Å². The number of nitriles is 1. The van der Waals surface area contributed by atoms with Crippen LogP contribution >= 0.6 is 0 Å². The summed E-state index contributed by atoms with van der Waals surface area (Å²) in [5.74, 6) is 4.94. The van der Waals surface area contributed by atoms with Crippen molar-refractivity contribution in [3.63, 3.8) is 0 Å². The number of hydrogen-bond acceptors (Lipinski definition) is 4. The van der Waals surface area contributed by atoms with E-state index >= 15 is 0 Å². The Bertz CT molecular complexity index is 1450. The summed E-state index contributed by atoms with van der Waals surface area (Å²) < 4.78 is 13.1. The van der Waals surface area contributed by atoms with Gasteiger partial charge in [0.1, 0.15) is 17.2 Å². The highest BCUT2D eigenvalue weighted by Gasteiger charge is 2.42. The van der Waals surface area contributed by atoms with E-state index in [9.17, 15) is 5.26 Å². The molecule has 2 fully saturated rings. The third-order valence-electron chi connectivity index (χ3n) is 11.6. The summed E-state index contributed by atoms with van der Waals surface area (Å²) in [5, 5.41) is 10.2. The van der Waals surface area contributed by atoms with Crippen molar-refractivity contribution in [1.82, 2.24) is 4.90 Å². The van der Waals surface area contributed by atoms with Crippen molar-refractivity contribution in [3.8, 4) is 6.07 Å². The zero-order chi connectivity index (χ0) is 30.9. The minimum Gasteiger partial charge on any atom is -0.478 e. The van der Waals surface area contributed by atoms with Gasteiger partial charge in [-0.25, -0.2) is 0 Å². The molecule has 2 aliphatic heterocycles. The second-order valence-electron chi connectivity index (χ2n) is 14.3. The Morgan fingerprint density at radius 1 is 1.00 bits per heavy atom. The van der Waals surface area contributed by atoms with Gasteiger partial charge in [-0.15, -0.1) is 0 Å². The molecule has 0 radical (unpaired) electrons. The number of allylic oxidation sites excluding steroid dienone is 10. The van der Waals surface area contributed by atoms with Crippen molar-refractivity contribution in [2.45, 2.75) is 110 Å². The largest absolute Gasteiger partial charge is 0.478 e. The highest BCUT2D eigenvalue weighted by atomic mass is 16.5. The number of rotatable bonds is 7. The fraction of sp³-hybridized carbons (Fsp3) is 0.575. The molecular weight excluding hydrogens is 554 g/mol. The third-order valence-corrected chi connectivity index (χ3v) is 11.6. The molecule has 45 heavy (non-hydrogen) atoms. The van der Waals surface area contributed by atoms with Gasteiger partial charge in [0, 0.05) is 13.0 Å². The first-order valence-electron chi connectivity index (χ1n) is 18.1. The van der Waals surface area contributed by atoms with E-state index < -0.39 is 0 Å². The van der Waals surface area contributed by atoms with Crippen molar-refractivity contribution in [2.24, 2.45) is 23.7 Å². The number of ether oxygens (including phenoxy) is 2. The van der Waals surface area contributed by atoms with Crippen LogP contribution in [0.4, 0.5) is 0 Å². The highest BCUT2D eigenvalue weighted by molar-refractivity contribution is 5.42. The predicted molar refractivity (Wildman–Crippen MR) is 179 cm³/mol. The van der Waals surface area contributed by atoms with Crippen LogP contribution in [0.15, 0.2) is 94.5 Å². The Morgan fingerprint density at radius 2 is 1.89 bits per heavy atom. The molecule has 8 atom stereocenters. The monoisotopic (exact) mass is 606 g/mol. The second kappa shape index (κ2) is 13.2. The van der Waals surface area contributed by atoms with Gasteiger partial charge in [-0.3, -0.25) is 4.90 Å². The van der Waals surface area contributed by atoms with Crippen LogP contribution in [0.2, 0.25) is 0 Å². The molecule has 7 rings (SSSR count). The molecule has 7 aliphatic rings. The van der Waals surface area contributed by atoms with Crippen LogP contribution < -0.4 is 4.90 Å². The van der Waals surface area contributed by atoms with Gasteiger partial charge in [0.2, 0.25) is 0 Å². The summed E-state index contributed by atoms with van der Waals surface area (Å²) in [6, 6.07) is 3.44. The number of hydrogen-bond donors (Lipinski definition) is 1. The molecule has 1 N–H and O–H groups in total. The minimum absolute atomic E-state index is 0.0368. The summed E-state index contributed by atoms with van der Waals surface area (Å²) >= 11 is 0. The number of morpholine rings is 2. The zero-order valence-electron chi connectivity index (χ0n) is 27.6. The predicted octanol–water partition coefficient (Wildman–Crippen LogP) is 7.58. The van der Waals surface area contributed by atoms with Gasteiger partial charge >= 0.3 is 0 Å². The van der Waals surface area contributed by atoms with Gasteiger partial charge in [0.15, 0.2) is 17.9 Å². The van der Waals surface area contributed by atoms with E-state index in [4.69, 9.17) is 9.47 Å². The van der Waals surface area contributed by atoms with Crippen LogP contribution in [0.5, 0.6) is 0 Å². The lowest BCUT2D eigenvalue weighted by Gasteiger charge is -2.44. The first-order chi connectivity index (χ1) is 22.1. The molecule has 0 spiro atoms. The second-order valence-corrected chi connectivity index (χ2v) is 14.3. The molecule has 5 aliphatic carbocycles. The van der Waals surface area contributed by atoms with Crippen LogP contribution in [0, 0.1) is 35.0 Å². The standard InChI is InChI=1S/C40H51N3O2/c1-4-42-33-10-6-8-12-37(33)44-39-23-28(16-20-35(39)42)14-18-30-25-32(26-41)31(22-27(30)3)19-15-29-17-21-36-40(24-29)45-38-13-9-7-11-34(38)43(36)5-2/h10-12,15,17,19,22-24,27-28,30,32,35-36,38H,4-9,13-14,16,18,20-21,25H2,1-3H3/p+1. The summed E-state index contributed by atoms with van der Waals surface area (Å²) in [6.45, 7) is 9.04. The van der Waals surface area contributed by atoms with E-state index in [0.717, 1.165) is 56.7 Å². The number of fused-ring (bicyclic) bond motifs is 4. The van der Waals surface area contributed by atoms with Gasteiger partial charge in [-0.2, -0.15) is 5.26 Å². The van der Waals surface area contributed by atoms with E-state index in [0.29, 0.717) is 29.8 Å². The summed E-state index contributed by atoms with van der Waals surface area (Å²) in [7, 11) is 0. The maximum absolute atomic E-state index is 10.2. The van der Waals surface area contributed by atoms with Crippen molar-refractivity contribution >= 4 is 0 Å². The third kappa shape index (κ3) is 6.03. The van der Waals surface area contributed by atoms with Crippen LogP contribution in [0.3, 0.4) is 0 Å². The minimum atomic E-state index is -0.0368. The molecule has 0 aromatic rings. The Morgan fingerprint density at radius 3 is 2.73 bits per heavy atom. The quantitative estimate of drug-likeness (QED) is 0.325. The molecule has 5 nitrogen and oxygen atoms in total. The summed E-state index contributed by atoms with van der Waals surface area (Å²) in [4.78, 5) is 4.14. The average molecular weight is 607 g/mol. The van der Waals surface area contributed by atoms with E-state index in [1.54, 1.807) is 4.90 Å². The van der Waals surface area contributed by atoms with Gasteiger partial charge in [0.25, 0.3) is 0 Å². The van der Waals surface area contributed by atoms with E-state index in [-0.39, 0.29) is 12.0 Å². The van der Waals surface area contributed by atoms with Crippen LogP contribution in [0.25, 0.3) is 0 Å². The van der Waals surface area contributed by atoms with Gasteiger partial charge in [-0.05, 0) is 131 Å². The Labute approximate surface area is 271 Å². The Balaban J connectivity index is 0.984. The van der Waals surface area contributed by atoms with Crippen LogP contribution in [0.1, 0.15) is 91.4 Å². The lowest BCUT2D eigenvalue weighted by molar-refractivity contribution is -0.891. The van der Waals surface area contributed by atoms with E-state index in [1.807, 2.05) is 0 Å². The molecule has 0 aromatic heterocycles. The van der Waals surface area contributed by atoms with Crippen LogP contribution in [-0.2, 0) is 9.47 Å². The number of likely N-dealkylation sites (N-methyl/N-ethyl adjacent to an activating group) is 2. The smallest absolute Gasteiger partial charge is 0.172 e. The summed E-state index contributed by atoms with van der Waals surface area (Å²) in [5.41, 5.74) is 5.19. The van der Waals surface area contributed by atoms with Gasteiger partial charge in [-0.1, -0.05) is 37.3 Å². The lowest BCUT2D eigenvalue weighted by atomic mass is 9.72. The van der Waals surface area contributed by atoms with Crippen molar-refractivity contribution in [2.75, 3.05) is 13.1 Å². The molecule has 0 aromatic carbocycles. The summed E-state index contributed by atoms with van der Waals surface area (Å²) in [6.07, 6.45) is 33.6. The number of nitrogens with one attached hydrogen (secondary N) is 1. The first-order valence-corrected chi connectivity index (χ1v) is 18.1. The first kappa shape index (κ1) is 30.4. The average Bonchev–Trinajstić information content (AvgIpc) is 3.07. The number of quaternary nitrogens is 1.